The van der Waals surface area contributed by atoms with Crippen LogP contribution < -0.4 is 10.9 Å². The second kappa shape index (κ2) is 7.06. The van der Waals surface area contributed by atoms with Gasteiger partial charge in [0.1, 0.15) is 11.3 Å². The molecule has 0 radical (unpaired) electrons. The van der Waals surface area contributed by atoms with Gasteiger partial charge in [0.15, 0.2) is 5.13 Å². The number of fused-ring (bicyclic) bond motifs is 1. The first-order chi connectivity index (χ1) is 12.0. The summed E-state index contributed by atoms with van der Waals surface area (Å²) in [5.74, 6) is -0.938. The number of para-hydroxylation sites is 1. The Balaban J connectivity index is 2.13. The van der Waals surface area contributed by atoms with E-state index in [0.717, 1.165) is 18.5 Å². The Morgan fingerprint density at radius 2 is 2.12 bits per heavy atom. The number of unbranched alkanes of at least 4 members (excludes halogenated alkanes) is 1. The highest BCUT2D eigenvalue weighted by Crippen LogP contribution is 2.27. The van der Waals surface area contributed by atoms with Crippen molar-refractivity contribution < 1.29 is 9.90 Å². The number of benzene rings is 1. The number of aromatic hydroxyl groups is 1. The van der Waals surface area contributed by atoms with Crippen LogP contribution >= 0.6 is 11.3 Å². The molecule has 3 aromatic rings. The predicted molar refractivity (Wildman–Crippen MR) is 99.6 cm³/mol. The number of aromatic nitrogens is 2. The molecule has 7 heteroatoms. The Morgan fingerprint density at radius 1 is 1.36 bits per heavy atom. The highest BCUT2D eigenvalue weighted by atomic mass is 32.1. The molecule has 0 bridgehead atoms. The molecule has 1 amide bonds. The zero-order valence-corrected chi connectivity index (χ0v) is 14.9. The molecule has 0 aliphatic heterocycles. The number of anilines is 1. The number of aryl methyl sites for hydroxylation is 2. The van der Waals surface area contributed by atoms with Crippen molar-refractivity contribution in [2.75, 3.05) is 5.32 Å². The largest absolute Gasteiger partial charge is 0.506 e. The maximum atomic E-state index is 12.9. The molecule has 0 saturated carbocycles. The number of nitrogens with zero attached hydrogens (tertiary/aromatic N) is 2. The van der Waals surface area contributed by atoms with E-state index in [0.29, 0.717) is 22.6 Å². The Hall–Kier alpha value is -2.67. The van der Waals surface area contributed by atoms with E-state index in [9.17, 15) is 14.7 Å². The molecule has 130 valence electrons. The molecule has 3 rings (SSSR count). The first-order valence-corrected chi connectivity index (χ1v) is 8.99. The number of rotatable bonds is 5. The van der Waals surface area contributed by atoms with Crippen molar-refractivity contribution in [3.05, 3.63) is 51.3 Å². The van der Waals surface area contributed by atoms with Crippen LogP contribution in [0.2, 0.25) is 0 Å². The molecule has 2 aromatic heterocycles. The van der Waals surface area contributed by atoms with E-state index >= 15 is 0 Å². The summed E-state index contributed by atoms with van der Waals surface area (Å²) in [5.41, 5.74) is 0.668. The van der Waals surface area contributed by atoms with Crippen molar-refractivity contribution in [3.63, 3.8) is 0 Å². The van der Waals surface area contributed by atoms with Crippen molar-refractivity contribution in [2.24, 2.45) is 0 Å². The number of carbonyl (C=O) groups excluding carboxylic acids is 1. The van der Waals surface area contributed by atoms with Crippen molar-refractivity contribution in [3.8, 4) is 5.75 Å². The number of nitrogens with one attached hydrogen (secondary N) is 1. The van der Waals surface area contributed by atoms with Crippen LogP contribution in [0, 0.1) is 6.92 Å². The number of hydrogen-bond acceptors (Lipinski definition) is 5. The standard InChI is InChI=1S/C18H19N3O3S/c1-3-4-9-21-13-8-6-5-7-12(13)15(22)14(17(21)24)16(23)20-18-19-11(2)10-25-18/h5-8,10,22H,3-4,9H2,1-2H3,(H,19,20,23). The van der Waals surface area contributed by atoms with Gasteiger partial charge in [0, 0.05) is 17.3 Å². The van der Waals surface area contributed by atoms with Crippen molar-refractivity contribution in [1.29, 1.82) is 0 Å². The van der Waals surface area contributed by atoms with E-state index in [1.807, 2.05) is 19.9 Å². The quantitative estimate of drug-likeness (QED) is 0.732. The Labute approximate surface area is 148 Å². The van der Waals surface area contributed by atoms with Crippen LogP contribution in [0.3, 0.4) is 0 Å². The smallest absolute Gasteiger partial charge is 0.267 e. The highest BCUT2D eigenvalue weighted by Gasteiger charge is 2.22. The van der Waals surface area contributed by atoms with E-state index in [2.05, 4.69) is 10.3 Å². The summed E-state index contributed by atoms with van der Waals surface area (Å²) in [6.07, 6.45) is 1.73. The lowest BCUT2D eigenvalue weighted by molar-refractivity contribution is 0.102. The van der Waals surface area contributed by atoms with E-state index in [-0.39, 0.29) is 11.3 Å². The van der Waals surface area contributed by atoms with Crippen molar-refractivity contribution in [2.45, 2.75) is 33.2 Å². The average Bonchev–Trinajstić information content (AvgIpc) is 3.00. The fourth-order valence-corrected chi connectivity index (χ4v) is 3.39. The zero-order chi connectivity index (χ0) is 18.0. The van der Waals surface area contributed by atoms with Gasteiger partial charge >= 0.3 is 0 Å². The third-order valence-corrected chi connectivity index (χ3v) is 4.82. The van der Waals surface area contributed by atoms with Gasteiger partial charge < -0.3 is 9.67 Å². The van der Waals surface area contributed by atoms with Crippen LogP contribution in [0.25, 0.3) is 10.9 Å². The summed E-state index contributed by atoms with van der Waals surface area (Å²) in [6.45, 7) is 4.34. The lowest BCUT2D eigenvalue weighted by Gasteiger charge is -2.14. The van der Waals surface area contributed by atoms with Gasteiger partial charge in [-0.25, -0.2) is 4.98 Å². The van der Waals surface area contributed by atoms with Crippen LogP contribution in [-0.4, -0.2) is 20.6 Å². The van der Waals surface area contributed by atoms with E-state index < -0.39 is 11.5 Å². The summed E-state index contributed by atoms with van der Waals surface area (Å²) < 4.78 is 1.56. The molecule has 0 fully saturated rings. The van der Waals surface area contributed by atoms with Crippen LogP contribution in [-0.2, 0) is 6.54 Å². The highest BCUT2D eigenvalue weighted by molar-refractivity contribution is 7.13. The third kappa shape index (κ3) is 3.28. The first kappa shape index (κ1) is 17.2. The molecule has 25 heavy (non-hydrogen) atoms. The summed E-state index contributed by atoms with van der Waals surface area (Å²) in [7, 11) is 0. The van der Waals surface area contributed by atoms with Gasteiger partial charge in [0.25, 0.3) is 11.5 Å². The zero-order valence-electron chi connectivity index (χ0n) is 14.1. The Bertz CT molecular complexity index is 991. The van der Waals surface area contributed by atoms with Gasteiger partial charge in [-0.2, -0.15) is 0 Å². The second-order valence-electron chi connectivity index (χ2n) is 5.80. The maximum absolute atomic E-state index is 12.9. The lowest BCUT2D eigenvalue weighted by atomic mass is 10.1. The maximum Gasteiger partial charge on any atom is 0.267 e. The number of carbonyl (C=O) groups is 1. The molecule has 2 heterocycles. The fourth-order valence-electron chi connectivity index (χ4n) is 2.70. The topological polar surface area (TPSA) is 84.2 Å². The molecule has 1 aromatic carbocycles. The van der Waals surface area contributed by atoms with Crippen LogP contribution in [0.15, 0.2) is 34.4 Å². The lowest BCUT2D eigenvalue weighted by Crippen LogP contribution is -2.30. The summed E-state index contributed by atoms with van der Waals surface area (Å²) >= 11 is 1.27. The van der Waals surface area contributed by atoms with Crippen LogP contribution in [0.1, 0.15) is 35.8 Å². The minimum absolute atomic E-state index is 0.248. The predicted octanol–water partition coefficient (Wildman–Crippen LogP) is 3.52. The Morgan fingerprint density at radius 3 is 2.80 bits per heavy atom. The molecule has 0 unspecified atom stereocenters. The molecule has 2 N–H and O–H groups in total. The number of hydrogen-bond donors (Lipinski definition) is 2. The molecular weight excluding hydrogens is 338 g/mol. The summed E-state index contributed by atoms with van der Waals surface area (Å²) in [6, 6.07) is 7.05. The molecule has 0 atom stereocenters. The van der Waals surface area contributed by atoms with Crippen LogP contribution in [0.5, 0.6) is 5.75 Å². The van der Waals surface area contributed by atoms with Crippen molar-refractivity contribution >= 4 is 33.3 Å². The second-order valence-corrected chi connectivity index (χ2v) is 6.66. The monoisotopic (exact) mass is 357 g/mol. The normalized spacial score (nSPS) is 11.0. The average molecular weight is 357 g/mol. The first-order valence-electron chi connectivity index (χ1n) is 8.11. The molecule has 0 spiro atoms. The molecule has 0 aliphatic carbocycles. The van der Waals surface area contributed by atoms with E-state index in [1.54, 1.807) is 28.1 Å². The van der Waals surface area contributed by atoms with E-state index in [1.165, 1.54) is 11.3 Å². The number of thiazole rings is 1. The minimum Gasteiger partial charge on any atom is -0.506 e. The molecule has 0 saturated heterocycles. The van der Waals surface area contributed by atoms with Gasteiger partial charge in [-0.05, 0) is 25.5 Å². The fraction of sp³-hybridized carbons (Fsp3) is 0.278. The molecule has 6 nitrogen and oxygen atoms in total. The molecule has 0 aliphatic rings. The van der Waals surface area contributed by atoms with Gasteiger partial charge in [-0.1, -0.05) is 25.5 Å². The van der Waals surface area contributed by atoms with Gasteiger partial charge in [-0.3, -0.25) is 14.9 Å². The van der Waals surface area contributed by atoms with Crippen LogP contribution in [0.4, 0.5) is 5.13 Å². The van der Waals surface area contributed by atoms with Crippen molar-refractivity contribution in [1.82, 2.24) is 9.55 Å². The minimum atomic E-state index is -0.646. The summed E-state index contributed by atoms with van der Waals surface area (Å²) in [5, 5.41) is 15.8. The van der Waals surface area contributed by atoms with E-state index in [4.69, 9.17) is 0 Å². The number of pyridine rings is 1. The summed E-state index contributed by atoms with van der Waals surface area (Å²) in [4.78, 5) is 29.7. The Kier molecular flexibility index (Phi) is 4.85. The van der Waals surface area contributed by atoms with Gasteiger partial charge in [-0.15, -0.1) is 11.3 Å². The SMILES string of the molecule is CCCCn1c(=O)c(C(=O)Nc2nc(C)cs2)c(O)c2ccccc21. The third-order valence-electron chi connectivity index (χ3n) is 3.95. The number of amides is 1. The molecular formula is C18H19N3O3S. The van der Waals surface area contributed by atoms with Gasteiger partial charge in [0.2, 0.25) is 0 Å². The van der Waals surface area contributed by atoms with Gasteiger partial charge in [0.05, 0.1) is 11.2 Å².